The Kier molecular flexibility index (Phi) is 6.62. The van der Waals surface area contributed by atoms with Crippen LogP contribution in [0.1, 0.15) is 5.56 Å². The van der Waals surface area contributed by atoms with E-state index in [0.717, 1.165) is 0 Å². The maximum absolute atomic E-state index is 11.7. The molecule has 0 aliphatic rings. The summed E-state index contributed by atoms with van der Waals surface area (Å²) in [7, 11) is 0. The zero-order valence-electron chi connectivity index (χ0n) is 12.8. The molecule has 2 rings (SSSR count). The number of oxime groups is 1. The minimum absolute atomic E-state index is 0.106. The van der Waals surface area contributed by atoms with Crippen molar-refractivity contribution in [2.45, 2.75) is 0 Å². The molecule has 0 spiro atoms. The molecule has 0 radical (unpaired) electrons. The van der Waals surface area contributed by atoms with Gasteiger partial charge in [-0.2, -0.15) is 0 Å². The van der Waals surface area contributed by atoms with Crippen LogP contribution in [0.15, 0.2) is 41.6 Å². The van der Waals surface area contributed by atoms with E-state index in [0.29, 0.717) is 5.56 Å². The molecule has 2 aromatic rings. The minimum atomic E-state index is -0.850. The van der Waals surface area contributed by atoms with Crippen LogP contribution in [0.2, 0.25) is 15.1 Å². The predicted molar refractivity (Wildman–Crippen MR) is 96.9 cm³/mol. The smallest absolute Gasteiger partial charge is 0.372 e. The molecule has 0 atom stereocenters. The second-order valence-corrected chi connectivity index (χ2v) is 5.95. The third-order valence-electron chi connectivity index (χ3n) is 2.94. The summed E-state index contributed by atoms with van der Waals surface area (Å²) in [4.78, 5) is 26.3. The first kappa shape index (κ1) is 19.8. The van der Waals surface area contributed by atoms with E-state index in [4.69, 9.17) is 45.3 Å². The van der Waals surface area contributed by atoms with Crippen molar-refractivity contribution in [2.24, 2.45) is 10.9 Å². The SMILES string of the molecule is NC(=NOC(=O)COc1cc(Cl)c(Cl)cc1Cl)c1ccc([N+](=O)[O-])cc1. The van der Waals surface area contributed by atoms with E-state index in [2.05, 4.69) is 9.99 Å². The van der Waals surface area contributed by atoms with Gasteiger partial charge in [0.15, 0.2) is 12.4 Å². The van der Waals surface area contributed by atoms with Crippen molar-refractivity contribution < 1.29 is 19.3 Å². The number of nitro groups is 1. The van der Waals surface area contributed by atoms with Gasteiger partial charge in [-0.1, -0.05) is 40.0 Å². The number of carbonyl (C=O) groups is 1. The summed E-state index contributed by atoms with van der Waals surface area (Å²) >= 11 is 17.5. The number of nitro benzene ring substituents is 1. The third kappa shape index (κ3) is 5.22. The van der Waals surface area contributed by atoms with Crippen molar-refractivity contribution >= 4 is 52.3 Å². The van der Waals surface area contributed by atoms with E-state index in [-0.39, 0.29) is 32.3 Å². The predicted octanol–water partition coefficient (Wildman–Crippen LogP) is 3.80. The molecule has 2 aromatic carbocycles. The van der Waals surface area contributed by atoms with Crippen LogP contribution < -0.4 is 10.5 Å². The van der Waals surface area contributed by atoms with Crippen molar-refractivity contribution in [2.75, 3.05) is 6.61 Å². The fourth-order valence-electron chi connectivity index (χ4n) is 1.68. The summed E-state index contributed by atoms with van der Waals surface area (Å²) in [6.45, 7) is -0.505. The lowest BCUT2D eigenvalue weighted by Gasteiger charge is -2.08. The van der Waals surface area contributed by atoms with Crippen LogP contribution in [0.5, 0.6) is 5.75 Å². The minimum Gasteiger partial charge on any atom is -0.480 e. The molecule has 0 aromatic heterocycles. The number of hydrogen-bond acceptors (Lipinski definition) is 6. The van der Waals surface area contributed by atoms with Gasteiger partial charge in [0, 0.05) is 23.8 Å². The quantitative estimate of drug-likeness (QED) is 0.190. The molecule has 0 fully saturated rings. The normalized spacial score (nSPS) is 11.1. The van der Waals surface area contributed by atoms with Gasteiger partial charge in [0.1, 0.15) is 5.75 Å². The molecular weight excluding hydrogens is 409 g/mol. The average Bonchev–Trinajstić information content (AvgIpc) is 2.61. The van der Waals surface area contributed by atoms with Gasteiger partial charge in [-0.3, -0.25) is 10.1 Å². The Balaban J connectivity index is 1.94. The number of nitrogens with two attached hydrogens (primary N) is 1. The number of ether oxygens (including phenoxy) is 1. The summed E-state index contributed by atoms with van der Waals surface area (Å²) in [5.74, 6) is -0.844. The first-order valence-corrected chi connectivity index (χ1v) is 7.97. The van der Waals surface area contributed by atoms with Gasteiger partial charge in [-0.25, -0.2) is 4.79 Å². The first-order valence-electron chi connectivity index (χ1n) is 6.83. The van der Waals surface area contributed by atoms with Crippen LogP contribution in [0, 0.1) is 10.1 Å². The highest BCUT2D eigenvalue weighted by Crippen LogP contribution is 2.33. The maximum atomic E-state index is 11.7. The molecule has 0 heterocycles. The van der Waals surface area contributed by atoms with Gasteiger partial charge in [-0.15, -0.1) is 0 Å². The van der Waals surface area contributed by atoms with Crippen molar-refractivity contribution in [1.82, 2.24) is 0 Å². The zero-order valence-corrected chi connectivity index (χ0v) is 15.1. The topological polar surface area (TPSA) is 117 Å². The number of amidine groups is 1. The third-order valence-corrected chi connectivity index (χ3v) is 3.96. The van der Waals surface area contributed by atoms with Crippen LogP contribution in [0.3, 0.4) is 0 Å². The fraction of sp³-hybridized carbons (Fsp3) is 0.0667. The van der Waals surface area contributed by atoms with E-state index in [1.807, 2.05) is 0 Å². The highest BCUT2D eigenvalue weighted by molar-refractivity contribution is 6.43. The monoisotopic (exact) mass is 417 g/mol. The molecule has 11 heteroatoms. The number of rotatable bonds is 6. The Morgan fingerprint density at radius 1 is 1.12 bits per heavy atom. The molecule has 0 unspecified atom stereocenters. The number of nitrogens with zero attached hydrogens (tertiary/aromatic N) is 2. The number of benzene rings is 2. The van der Waals surface area contributed by atoms with E-state index >= 15 is 0 Å². The van der Waals surface area contributed by atoms with E-state index in [1.54, 1.807) is 0 Å². The molecule has 2 N–H and O–H groups in total. The van der Waals surface area contributed by atoms with Crippen molar-refractivity contribution in [3.63, 3.8) is 0 Å². The summed E-state index contributed by atoms with van der Waals surface area (Å²) in [6.07, 6.45) is 0. The van der Waals surface area contributed by atoms with E-state index in [9.17, 15) is 14.9 Å². The highest BCUT2D eigenvalue weighted by atomic mass is 35.5. The Morgan fingerprint density at radius 3 is 2.35 bits per heavy atom. The summed E-state index contributed by atoms with van der Waals surface area (Å²) in [5.41, 5.74) is 5.88. The molecule has 0 saturated heterocycles. The maximum Gasteiger partial charge on any atom is 0.372 e. The molecule has 0 aliphatic heterocycles. The fourth-order valence-corrected chi connectivity index (χ4v) is 2.28. The van der Waals surface area contributed by atoms with Gasteiger partial charge >= 0.3 is 5.97 Å². The first-order chi connectivity index (χ1) is 12.3. The number of halogens is 3. The van der Waals surface area contributed by atoms with Gasteiger partial charge in [-0.05, 0) is 18.2 Å². The molecule has 0 amide bonds. The van der Waals surface area contributed by atoms with Crippen molar-refractivity contribution in [1.29, 1.82) is 0 Å². The second-order valence-electron chi connectivity index (χ2n) is 4.73. The lowest BCUT2D eigenvalue weighted by molar-refractivity contribution is -0.384. The highest BCUT2D eigenvalue weighted by Gasteiger charge is 2.11. The molecule has 8 nitrogen and oxygen atoms in total. The molecule has 0 saturated carbocycles. The van der Waals surface area contributed by atoms with Crippen LogP contribution in [0.4, 0.5) is 5.69 Å². The molecular formula is C15H10Cl3N3O5. The van der Waals surface area contributed by atoms with Crippen molar-refractivity contribution in [3.8, 4) is 5.75 Å². The van der Waals surface area contributed by atoms with E-state index in [1.165, 1.54) is 36.4 Å². The number of hydrogen-bond donors (Lipinski definition) is 1. The molecule has 136 valence electrons. The van der Waals surface area contributed by atoms with Crippen LogP contribution in [-0.2, 0) is 9.63 Å². The lowest BCUT2D eigenvalue weighted by atomic mass is 10.2. The largest absolute Gasteiger partial charge is 0.480 e. The van der Waals surface area contributed by atoms with Crippen LogP contribution in [-0.4, -0.2) is 23.3 Å². The summed E-state index contributed by atoms with van der Waals surface area (Å²) < 4.78 is 5.18. The molecule has 26 heavy (non-hydrogen) atoms. The number of non-ortho nitro benzene ring substituents is 1. The zero-order chi connectivity index (χ0) is 19.3. The van der Waals surface area contributed by atoms with Gasteiger partial charge < -0.3 is 15.3 Å². The van der Waals surface area contributed by atoms with Gasteiger partial charge in [0.25, 0.3) is 5.69 Å². The van der Waals surface area contributed by atoms with Crippen LogP contribution >= 0.6 is 34.8 Å². The Morgan fingerprint density at radius 2 is 1.73 bits per heavy atom. The molecule has 0 bridgehead atoms. The van der Waals surface area contributed by atoms with E-state index < -0.39 is 17.5 Å². The number of carbonyl (C=O) groups excluding carboxylic acids is 1. The second kappa shape index (κ2) is 8.70. The van der Waals surface area contributed by atoms with Crippen LogP contribution in [0.25, 0.3) is 0 Å². The van der Waals surface area contributed by atoms with Crippen molar-refractivity contribution in [3.05, 3.63) is 67.1 Å². The lowest BCUT2D eigenvalue weighted by Crippen LogP contribution is -2.18. The van der Waals surface area contributed by atoms with Gasteiger partial charge in [0.2, 0.25) is 0 Å². The summed E-state index contributed by atoms with van der Waals surface area (Å²) in [5, 5.41) is 14.7. The Labute approximate surface area is 162 Å². The summed E-state index contributed by atoms with van der Waals surface area (Å²) in [6, 6.07) is 7.96. The Hall–Kier alpha value is -2.55. The Bertz CT molecular complexity index is 872. The van der Waals surface area contributed by atoms with Gasteiger partial charge in [0.05, 0.1) is 20.0 Å². The average molecular weight is 419 g/mol. The molecule has 0 aliphatic carbocycles. The standard InChI is InChI=1S/C15H10Cl3N3O5/c16-10-5-12(18)13(6-11(10)17)25-7-14(22)26-20-15(19)8-1-3-9(4-2-8)21(23)24/h1-6H,7H2,(H2,19,20).